The summed E-state index contributed by atoms with van der Waals surface area (Å²) in [5.41, 5.74) is 8.79. The van der Waals surface area contributed by atoms with Gasteiger partial charge in [0.25, 0.3) is 0 Å². The molecule has 0 bridgehead atoms. The lowest BCUT2D eigenvalue weighted by molar-refractivity contribution is -0.150. The van der Waals surface area contributed by atoms with Crippen molar-refractivity contribution in [3.05, 3.63) is 114 Å². The standard InChI is InChI=1S/C34H37N3O3/c35-21-8-2-5-16-32-33(38)36-31(22-28-14-9-13-27-12-6-7-15-30(27)28)34(39)37(32)23-25-17-19-29(20-18-25)40-24-26-10-3-1-4-11-26/h1,3-4,6-7,9-15,17-20,31-32H,2,5,8,16,21-24,35H2,(H,36,38)/t31-,32-/m0/s1. The number of carbonyl (C=O) groups excluding carboxylic acids is 2. The molecule has 1 aliphatic heterocycles. The summed E-state index contributed by atoms with van der Waals surface area (Å²) in [6.07, 6.45) is 3.77. The van der Waals surface area contributed by atoms with E-state index in [1.165, 1.54) is 0 Å². The molecule has 1 fully saturated rings. The van der Waals surface area contributed by atoms with Crippen LogP contribution in [0, 0.1) is 0 Å². The predicted molar refractivity (Wildman–Crippen MR) is 159 cm³/mol. The molecule has 0 unspecified atom stereocenters. The van der Waals surface area contributed by atoms with Crippen LogP contribution in [-0.2, 0) is 29.2 Å². The highest BCUT2D eigenvalue weighted by Gasteiger charge is 2.40. The van der Waals surface area contributed by atoms with Crippen LogP contribution in [0.25, 0.3) is 10.8 Å². The van der Waals surface area contributed by atoms with Gasteiger partial charge in [0.1, 0.15) is 24.4 Å². The fraction of sp³-hybridized carbons (Fsp3) is 0.294. The number of amides is 2. The molecular weight excluding hydrogens is 498 g/mol. The van der Waals surface area contributed by atoms with E-state index in [1.807, 2.05) is 78.9 Å². The third kappa shape index (κ3) is 6.69. The van der Waals surface area contributed by atoms with Crippen molar-refractivity contribution < 1.29 is 14.3 Å². The first-order chi connectivity index (χ1) is 19.6. The molecule has 2 amide bonds. The Bertz CT molecular complexity index is 1420. The highest BCUT2D eigenvalue weighted by Crippen LogP contribution is 2.25. The lowest BCUT2D eigenvalue weighted by atomic mass is 9.94. The maximum absolute atomic E-state index is 13.9. The average molecular weight is 536 g/mol. The van der Waals surface area contributed by atoms with Crippen LogP contribution in [0.4, 0.5) is 0 Å². The number of ether oxygens (including phenoxy) is 1. The first-order valence-electron chi connectivity index (χ1n) is 14.2. The van der Waals surface area contributed by atoms with E-state index in [-0.39, 0.29) is 11.8 Å². The Labute approximate surface area is 236 Å². The van der Waals surface area contributed by atoms with Crippen LogP contribution in [0.2, 0.25) is 0 Å². The number of benzene rings is 4. The van der Waals surface area contributed by atoms with Crippen molar-refractivity contribution in [2.75, 3.05) is 6.54 Å². The Hall–Kier alpha value is -4.16. The van der Waals surface area contributed by atoms with Crippen molar-refractivity contribution in [2.45, 2.75) is 57.3 Å². The van der Waals surface area contributed by atoms with Crippen LogP contribution >= 0.6 is 0 Å². The Morgan fingerprint density at radius 2 is 1.52 bits per heavy atom. The van der Waals surface area contributed by atoms with Crippen LogP contribution in [0.5, 0.6) is 5.75 Å². The van der Waals surface area contributed by atoms with E-state index >= 15 is 0 Å². The topological polar surface area (TPSA) is 84.7 Å². The van der Waals surface area contributed by atoms with Crippen LogP contribution in [-0.4, -0.2) is 35.3 Å². The monoisotopic (exact) mass is 535 g/mol. The summed E-state index contributed by atoms with van der Waals surface area (Å²) in [6.45, 7) is 1.50. The fourth-order valence-electron chi connectivity index (χ4n) is 5.42. The number of piperazine rings is 1. The molecule has 6 nitrogen and oxygen atoms in total. The Kier molecular flexibility index (Phi) is 9.09. The molecule has 1 saturated heterocycles. The quantitative estimate of drug-likeness (QED) is 0.239. The van der Waals surface area contributed by atoms with Gasteiger partial charge >= 0.3 is 0 Å². The summed E-state index contributed by atoms with van der Waals surface area (Å²) in [4.78, 5) is 29.1. The number of nitrogens with one attached hydrogen (secondary N) is 1. The smallest absolute Gasteiger partial charge is 0.246 e. The second kappa shape index (κ2) is 13.3. The lowest BCUT2D eigenvalue weighted by Gasteiger charge is -2.39. The molecule has 0 aromatic heterocycles. The number of nitrogens with two attached hydrogens (primary N) is 1. The molecule has 6 heteroatoms. The summed E-state index contributed by atoms with van der Waals surface area (Å²) in [5.74, 6) is 0.642. The molecule has 1 heterocycles. The number of rotatable bonds is 12. The number of carbonyl (C=O) groups is 2. The van der Waals surface area contributed by atoms with Gasteiger partial charge in [-0.15, -0.1) is 0 Å². The minimum atomic E-state index is -0.605. The molecule has 5 rings (SSSR count). The SMILES string of the molecule is NCCCCC[C@H]1C(=O)N[C@@H](Cc2cccc3ccccc23)C(=O)N1Cc1ccc(OCc2ccccc2)cc1. The van der Waals surface area contributed by atoms with Crippen molar-refractivity contribution >= 4 is 22.6 Å². The number of nitrogens with zero attached hydrogens (tertiary/aromatic N) is 1. The van der Waals surface area contributed by atoms with Gasteiger partial charge in [-0.2, -0.15) is 0 Å². The minimum absolute atomic E-state index is 0.0410. The molecule has 3 N–H and O–H groups in total. The van der Waals surface area contributed by atoms with Gasteiger partial charge in [0.2, 0.25) is 11.8 Å². The maximum atomic E-state index is 13.9. The van der Waals surface area contributed by atoms with Gasteiger partial charge in [-0.1, -0.05) is 97.8 Å². The van der Waals surface area contributed by atoms with Crippen LogP contribution in [0.3, 0.4) is 0 Å². The van der Waals surface area contributed by atoms with Crippen molar-refractivity contribution in [1.82, 2.24) is 10.2 Å². The molecule has 2 atom stereocenters. The Balaban J connectivity index is 1.32. The summed E-state index contributed by atoms with van der Waals surface area (Å²) < 4.78 is 5.94. The van der Waals surface area contributed by atoms with E-state index in [0.717, 1.165) is 52.5 Å². The van der Waals surface area contributed by atoms with E-state index in [9.17, 15) is 9.59 Å². The van der Waals surface area contributed by atoms with Gasteiger partial charge in [-0.3, -0.25) is 9.59 Å². The molecule has 0 spiro atoms. The zero-order chi connectivity index (χ0) is 27.7. The normalized spacial score (nSPS) is 17.2. The van der Waals surface area contributed by atoms with Gasteiger partial charge in [0.05, 0.1) is 0 Å². The van der Waals surface area contributed by atoms with E-state index in [4.69, 9.17) is 10.5 Å². The summed E-state index contributed by atoms with van der Waals surface area (Å²) in [6, 6.07) is 31.0. The largest absolute Gasteiger partial charge is 0.489 e. The molecule has 0 radical (unpaired) electrons. The molecule has 4 aromatic rings. The summed E-state index contributed by atoms with van der Waals surface area (Å²) in [5, 5.41) is 5.28. The summed E-state index contributed by atoms with van der Waals surface area (Å²) in [7, 11) is 0. The molecule has 1 aliphatic rings. The highest BCUT2D eigenvalue weighted by atomic mass is 16.5. The second-order valence-electron chi connectivity index (χ2n) is 10.4. The first-order valence-corrected chi connectivity index (χ1v) is 14.2. The van der Waals surface area contributed by atoms with E-state index in [1.54, 1.807) is 4.90 Å². The zero-order valence-electron chi connectivity index (χ0n) is 22.8. The molecule has 0 saturated carbocycles. The molecule has 206 valence electrons. The minimum Gasteiger partial charge on any atom is -0.489 e. The molecule has 4 aromatic carbocycles. The van der Waals surface area contributed by atoms with Crippen LogP contribution < -0.4 is 15.8 Å². The maximum Gasteiger partial charge on any atom is 0.246 e. The zero-order valence-corrected chi connectivity index (χ0v) is 22.8. The van der Waals surface area contributed by atoms with E-state index < -0.39 is 12.1 Å². The number of unbranched alkanes of at least 4 members (excludes halogenated alkanes) is 2. The van der Waals surface area contributed by atoms with E-state index in [0.29, 0.717) is 32.5 Å². The van der Waals surface area contributed by atoms with Gasteiger partial charge in [-0.05, 0) is 59.0 Å². The van der Waals surface area contributed by atoms with Crippen LogP contribution in [0.15, 0.2) is 97.1 Å². The Morgan fingerprint density at radius 1 is 0.775 bits per heavy atom. The number of fused-ring (bicyclic) bond motifs is 1. The van der Waals surface area contributed by atoms with Crippen molar-refractivity contribution in [3.63, 3.8) is 0 Å². The van der Waals surface area contributed by atoms with Crippen molar-refractivity contribution in [3.8, 4) is 5.75 Å². The van der Waals surface area contributed by atoms with Crippen molar-refractivity contribution in [2.24, 2.45) is 5.73 Å². The third-order valence-electron chi connectivity index (χ3n) is 7.59. The fourth-order valence-corrected chi connectivity index (χ4v) is 5.42. The second-order valence-corrected chi connectivity index (χ2v) is 10.4. The third-order valence-corrected chi connectivity index (χ3v) is 7.59. The van der Waals surface area contributed by atoms with Crippen molar-refractivity contribution in [1.29, 1.82) is 0 Å². The summed E-state index contributed by atoms with van der Waals surface area (Å²) >= 11 is 0. The van der Waals surface area contributed by atoms with Gasteiger partial charge in [-0.25, -0.2) is 0 Å². The van der Waals surface area contributed by atoms with Gasteiger partial charge in [0, 0.05) is 13.0 Å². The van der Waals surface area contributed by atoms with Gasteiger partial charge < -0.3 is 20.7 Å². The average Bonchev–Trinajstić information content (AvgIpc) is 2.99. The molecule has 40 heavy (non-hydrogen) atoms. The predicted octanol–water partition coefficient (Wildman–Crippen LogP) is 5.38. The van der Waals surface area contributed by atoms with E-state index in [2.05, 4.69) is 23.5 Å². The number of hydrogen-bond acceptors (Lipinski definition) is 4. The Morgan fingerprint density at radius 3 is 2.33 bits per heavy atom. The lowest BCUT2D eigenvalue weighted by Crippen LogP contribution is -2.63. The van der Waals surface area contributed by atoms with Crippen LogP contribution in [0.1, 0.15) is 42.4 Å². The first kappa shape index (κ1) is 27.4. The number of hydrogen-bond donors (Lipinski definition) is 2. The molecule has 0 aliphatic carbocycles. The van der Waals surface area contributed by atoms with Gasteiger partial charge in [0.15, 0.2) is 0 Å². The molecular formula is C34H37N3O3. The highest BCUT2D eigenvalue weighted by molar-refractivity contribution is 5.97.